The van der Waals surface area contributed by atoms with Crippen molar-refractivity contribution in [3.05, 3.63) is 0 Å². The van der Waals surface area contributed by atoms with Gasteiger partial charge in [-0.15, -0.1) is 0 Å². The second-order valence-corrected chi connectivity index (χ2v) is 9.62. The molecule has 0 N–H and O–H groups in total. The van der Waals surface area contributed by atoms with Gasteiger partial charge in [-0.25, -0.2) is 8.42 Å². The normalized spacial score (nSPS) is 12.8. The highest BCUT2D eigenvalue weighted by atomic mass is 32.2. The van der Waals surface area contributed by atoms with Gasteiger partial charge in [-0.1, -0.05) is 0 Å². The van der Waals surface area contributed by atoms with Crippen LogP contribution in [0.1, 0.15) is 6.42 Å². The summed E-state index contributed by atoms with van der Waals surface area (Å²) in [5.41, 5.74) is 0. The number of hydrogen-bond donors (Lipinski definition) is 0. The van der Waals surface area contributed by atoms with Crippen LogP contribution in [0.15, 0.2) is 0 Å². The summed E-state index contributed by atoms with van der Waals surface area (Å²) in [6.45, 7) is 1.10. The Kier molecular flexibility index (Phi) is 10.1. The highest BCUT2D eigenvalue weighted by molar-refractivity contribution is 7.84. The molecular weight excluding hydrogens is 290 g/mol. The summed E-state index contributed by atoms with van der Waals surface area (Å²) in [7, 11) is 5.26. The van der Waals surface area contributed by atoms with Gasteiger partial charge in [0.2, 0.25) is 0 Å². The molecule has 0 fully saturated rings. The number of nitrogens with zero attached hydrogens (tertiary/aromatic N) is 1. The fraction of sp³-hybridized carbons (Fsp3) is 1.00. The molecule has 0 aliphatic rings. The Bertz CT molecular complexity index is 307. The number of hydrogen-bond acceptors (Lipinski definition) is 6. The minimum absolute atomic E-state index is 0.604. The van der Waals surface area contributed by atoms with E-state index in [1.54, 1.807) is 21.3 Å². The van der Waals surface area contributed by atoms with E-state index in [0.717, 1.165) is 23.5 Å². The zero-order valence-corrected chi connectivity index (χ0v) is 14.7. The fourth-order valence-corrected chi connectivity index (χ4v) is 3.03. The summed E-state index contributed by atoms with van der Waals surface area (Å²) >= 11 is 0. The van der Waals surface area contributed by atoms with E-state index in [9.17, 15) is 0 Å². The maximum Gasteiger partial charge on any atom is 0.500 e. The summed E-state index contributed by atoms with van der Waals surface area (Å²) in [6, 6.07) is 0.881. The van der Waals surface area contributed by atoms with Crippen molar-refractivity contribution in [3.8, 4) is 0 Å². The van der Waals surface area contributed by atoms with Crippen molar-refractivity contribution in [2.45, 2.75) is 12.5 Å². The van der Waals surface area contributed by atoms with Gasteiger partial charge in [0.1, 0.15) is 0 Å². The van der Waals surface area contributed by atoms with Crippen LogP contribution in [0.2, 0.25) is 6.04 Å². The van der Waals surface area contributed by atoms with Crippen LogP contribution in [-0.4, -0.2) is 81.5 Å². The molecule has 0 aromatic heterocycles. The van der Waals surface area contributed by atoms with Gasteiger partial charge in [0.05, 0.1) is 37.8 Å². The average molecular weight is 317 g/mol. The van der Waals surface area contributed by atoms with Crippen molar-refractivity contribution in [2.75, 3.05) is 55.3 Å². The predicted octanol–water partition coefficient (Wildman–Crippen LogP) is 0.122. The predicted molar refractivity (Wildman–Crippen MR) is 74.7 cm³/mol. The minimum Gasteiger partial charge on any atom is -0.748 e. The molecule has 19 heavy (non-hydrogen) atoms. The Labute approximate surface area is 118 Å². The molecule has 0 saturated heterocycles. The molecule has 0 radical (unpaired) electrons. The first kappa shape index (κ1) is 21.3. The van der Waals surface area contributed by atoms with Gasteiger partial charge in [-0.05, 0) is 0 Å². The first-order chi connectivity index (χ1) is 8.39. The van der Waals surface area contributed by atoms with Crippen LogP contribution in [0.25, 0.3) is 0 Å². The van der Waals surface area contributed by atoms with Crippen LogP contribution in [-0.2, 0) is 23.4 Å². The lowest BCUT2D eigenvalue weighted by atomic mass is 10.4. The molecule has 7 nitrogen and oxygen atoms in total. The van der Waals surface area contributed by atoms with E-state index in [4.69, 9.17) is 26.2 Å². The molecule has 0 aliphatic heterocycles. The van der Waals surface area contributed by atoms with Gasteiger partial charge in [0.15, 0.2) is 0 Å². The van der Waals surface area contributed by atoms with Gasteiger partial charge in [-0.2, -0.15) is 0 Å². The molecule has 0 bridgehead atoms. The molecule has 0 heterocycles. The second kappa shape index (κ2) is 9.00. The molecule has 0 atom stereocenters. The van der Waals surface area contributed by atoms with E-state index >= 15 is 0 Å². The largest absolute Gasteiger partial charge is 0.748 e. The maximum absolute atomic E-state index is 9.08. The van der Waals surface area contributed by atoms with E-state index in [-0.39, 0.29) is 0 Å². The van der Waals surface area contributed by atoms with Crippen LogP contribution in [0.4, 0.5) is 0 Å². The monoisotopic (exact) mass is 317 g/mol. The van der Waals surface area contributed by atoms with E-state index in [0.29, 0.717) is 6.26 Å². The third-order valence-electron chi connectivity index (χ3n) is 2.24. The molecule has 0 spiro atoms. The summed E-state index contributed by atoms with van der Waals surface area (Å²) in [5, 5.41) is 0. The Morgan fingerprint density at radius 3 is 1.58 bits per heavy atom. The summed E-state index contributed by atoms with van der Waals surface area (Å²) < 4.78 is 44.2. The Balaban J connectivity index is 0. The first-order valence-electron chi connectivity index (χ1n) is 5.76. The van der Waals surface area contributed by atoms with Gasteiger partial charge in [0.25, 0.3) is 0 Å². The molecule has 0 amide bonds. The molecule has 0 aliphatic carbocycles. The topological polar surface area (TPSA) is 84.9 Å². The molecule has 9 heteroatoms. The molecule has 0 aromatic rings. The van der Waals surface area contributed by atoms with Crippen molar-refractivity contribution in [3.63, 3.8) is 0 Å². The molecular formula is C10H27NO6SSi. The van der Waals surface area contributed by atoms with Crippen LogP contribution in [0, 0.1) is 0 Å². The lowest BCUT2D eigenvalue weighted by Crippen LogP contribution is -2.44. The lowest BCUT2D eigenvalue weighted by Gasteiger charge is -2.27. The summed E-state index contributed by atoms with van der Waals surface area (Å²) in [5.74, 6) is 0. The standard InChI is InChI=1S/C9H24NO3Si.CH4O3S/c1-10(2,3)8-7-9-14(11-4,12-5)13-6;1-5(2,3)4/h7-9H2,1-6H3;1H3,(H,2,3,4)/q+1;/p-1. The highest BCUT2D eigenvalue weighted by Gasteiger charge is 2.37. The van der Waals surface area contributed by atoms with E-state index < -0.39 is 18.9 Å². The maximum atomic E-state index is 9.08. The Morgan fingerprint density at radius 2 is 1.37 bits per heavy atom. The van der Waals surface area contributed by atoms with Crippen molar-refractivity contribution >= 4 is 18.9 Å². The zero-order valence-electron chi connectivity index (χ0n) is 12.9. The van der Waals surface area contributed by atoms with E-state index in [2.05, 4.69) is 21.1 Å². The van der Waals surface area contributed by atoms with E-state index in [1.807, 2.05) is 0 Å². The first-order valence-corrected chi connectivity index (χ1v) is 9.51. The molecule has 0 saturated carbocycles. The minimum atomic E-state index is -3.92. The van der Waals surface area contributed by atoms with Crippen molar-refractivity contribution in [1.82, 2.24) is 0 Å². The summed E-state index contributed by atoms with van der Waals surface area (Å²) in [6.07, 6.45) is 1.66. The fourth-order valence-electron chi connectivity index (χ4n) is 1.33. The van der Waals surface area contributed by atoms with Crippen molar-refractivity contribution in [1.29, 1.82) is 0 Å². The van der Waals surface area contributed by atoms with Crippen LogP contribution < -0.4 is 0 Å². The van der Waals surface area contributed by atoms with Gasteiger partial charge in [0, 0.05) is 40.1 Å². The molecule has 0 rings (SSSR count). The lowest BCUT2D eigenvalue weighted by molar-refractivity contribution is -0.870. The molecule has 118 valence electrons. The van der Waals surface area contributed by atoms with Gasteiger partial charge >= 0.3 is 8.80 Å². The van der Waals surface area contributed by atoms with Gasteiger partial charge < -0.3 is 22.3 Å². The average Bonchev–Trinajstić information content (AvgIpc) is 2.21. The van der Waals surface area contributed by atoms with Crippen LogP contribution >= 0.6 is 0 Å². The highest BCUT2D eigenvalue weighted by Crippen LogP contribution is 2.15. The van der Waals surface area contributed by atoms with Crippen molar-refractivity contribution < 1.29 is 30.7 Å². The van der Waals surface area contributed by atoms with Gasteiger partial charge in [-0.3, -0.25) is 0 Å². The third-order valence-corrected chi connectivity index (χ3v) is 5.08. The molecule has 0 aromatic carbocycles. The smallest absolute Gasteiger partial charge is 0.500 e. The second-order valence-electron chi connectivity index (χ2n) is 5.12. The zero-order chi connectivity index (χ0) is 15.7. The summed E-state index contributed by atoms with van der Waals surface area (Å²) in [4.78, 5) is 0. The van der Waals surface area contributed by atoms with Crippen LogP contribution in [0.5, 0.6) is 0 Å². The third kappa shape index (κ3) is 15.9. The molecule has 0 unspecified atom stereocenters. The van der Waals surface area contributed by atoms with Crippen molar-refractivity contribution in [2.24, 2.45) is 0 Å². The SMILES string of the molecule is CO[Si](CCC[N+](C)(C)C)(OC)OC.CS(=O)(=O)[O-]. The van der Waals surface area contributed by atoms with E-state index in [1.165, 1.54) is 0 Å². The number of quaternary nitrogens is 1. The van der Waals surface area contributed by atoms with Crippen LogP contribution in [0.3, 0.4) is 0 Å². The quantitative estimate of drug-likeness (QED) is 0.377. The number of rotatable bonds is 7. The Hall–Kier alpha value is -0.0331. The Morgan fingerprint density at radius 1 is 1.05 bits per heavy atom.